The number of nitrogens with zero attached hydrogens (tertiary/aromatic N) is 1. The quantitative estimate of drug-likeness (QED) is 0.662. The molecule has 1 aromatic carbocycles. The summed E-state index contributed by atoms with van der Waals surface area (Å²) in [6, 6.07) is 4.10. The highest BCUT2D eigenvalue weighted by Gasteiger charge is 2.34. The van der Waals surface area contributed by atoms with Gasteiger partial charge < -0.3 is 0 Å². The second-order valence-electron chi connectivity index (χ2n) is 2.72. The average molecular weight is 390 g/mol. The minimum atomic E-state index is -4.42. The predicted molar refractivity (Wildman–Crippen MR) is 61.2 cm³/mol. The highest BCUT2D eigenvalue weighted by Crippen LogP contribution is 2.37. The van der Waals surface area contributed by atoms with E-state index < -0.39 is 11.7 Å². The molecule has 0 aromatic heterocycles. The Morgan fingerprint density at radius 3 is 2.47 bits per heavy atom. The summed E-state index contributed by atoms with van der Waals surface area (Å²) >= 11 is 4.98. The van der Waals surface area contributed by atoms with E-state index in [1.807, 2.05) is 22.6 Å². The first kappa shape index (κ1) is 12.8. The molecule has 0 aliphatic rings. The predicted octanol–water partition coefficient (Wildman–Crippen LogP) is 4.14. The first-order valence-electron chi connectivity index (χ1n) is 3.79. The van der Waals surface area contributed by atoms with Crippen LogP contribution in [-0.2, 0) is 12.6 Å². The number of halogens is 5. The number of benzene rings is 1. The number of nitriles is 1. The summed E-state index contributed by atoms with van der Waals surface area (Å²) in [4.78, 5) is 0. The van der Waals surface area contributed by atoms with Crippen molar-refractivity contribution in [2.45, 2.75) is 12.6 Å². The standard InChI is InChI=1S/C9H4BrF3IN/c10-8-5(3-4-15)6(9(11,12)13)1-2-7(8)14/h1-2H,3H2. The van der Waals surface area contributed by atoms with Gasteiger partial charge in [-0.25, -0.2) is 0 Å². The molecule has 0 bridgehead atoms. The van der Waals surface area contributed by atoms with Gasteiger partial charge in [-0.3, -0.25) is 0 Å². The van der Waals surface area contributed by atoms with Crippen LogP contribution < -0.4 is 0 Å². The van der Waals surface area contributed by atoms with Crippen molar-refractivity contribution in [1.82, 2.24) is 0 Å². The fourth-order valence-electron chi connectivity index (χ4n) is 1.11. The van der Waals surface area contributed by atoms with Crippen LogP contribution in [0.1, 0.15) is 11.1 Å². The lowest BCUT2D eigenvalue weighted by atomic mass is 10.1. The normalized spacial score (nSPS) is 11.2. The van der Waals surface area contributed by atoms with E-state index in [0.29, 0.717) is 8.04 Å². The van der Waals surface area contributed by atoms with Gasteiger partial charge in [-0.2, -0.15) is 18.4 Å². The second-order valence-corrected chi connectivity index (χ2v) is 4.68. The first-order valence-corrected chi connectivity index (χ1v) is 5.66. The summed E-state index contributed by atoms with van der Waals surface area (Å²) in [6.07, 6.45) is -4.68. The van der Waals surface area contributed by atoms with Crippen LogP contribution in [0.5, 0.6) is 0 Å². The molecule has 0 atom stereocenters. The summed E-state index contributed by atoms with van der Waals surface area (Å²) in [7, 11) is 0. The van der Waals surface area contributed by atoms with Gasteiger partial charge >= 0.3 is 6.18 Å². The molecule has 0 heterocycles. The Morgan fingerprint density at radius 1 is 1.40 bits per heavy atom. The molecule has 1 nitrogen and oxygen atoms in total. The van der Waals surface area contributed by atoms with Crippen molar-refractivity contribution in [3.63, 3.8) is 0 Å². The molecule has 80 valence electrons. The van der Waals surface area contributed by atoms with Crippen molar-refractivity contribution >= 4 is 38.5 Å². The van der Waals surface area contributed by atoms with E-state index in [1.54, 1.807) is 6.07 Å². The van der Waals surface area contributed by atoms with E-state index in [4.69, 9.17) is 5.26 Å². The highest BCUT2D eigenvalue weighted by atomic mass is 127. The Kier molecular flexibility index (Phi) is 4.00. The Morgan fingerprint density at radius 2 is 2.00 bits per heavy atom. The van der Waals surface area contributed by atoms with Gasteiger partial charge in [-0.15, -0.1) is 0 Å². The third-order valence-corrected chi connectivity index (χ3v) is 4.30. The van der Waals surface area contributed by atoms with Crippen LogP contribution >= 0.6 is 38.5 Å². The van der Waals surface area contributed by atoms with Crippen LogP contribution in [0.15, 0.2) is 16.6 Å². The zero-order valence-electron chi connectivity index (χ0n) is 7.20. The van der Waals surface area contributed by atoms with Crippen LogP contribution in [0.25, 0.3) is 0 Å². The maximum atomic E-state index is 12.6. The lowest BCUT2D eigenvalue weighted by molar-refractivity contribution is -0.138. The zero-order valence-corrected chi connectivity index (χ0v) is 10.9. The summed E-state index contributed by atoms with van der Waals surface area (Å²) in [5.41, 5.74) is -0.756. The Bertz CT molecular complexity index is 423. The van der Waals surface area contributed by atoms with Gasteiger partial charge in [0.1, 0.15) is 0 Å². The lowest BCUT2D eigenvalue weighted by Crippen LogP contribution is -2.10. The molecular formula is C9H4BrF3IN. The van der Waals surface area contributed by atoms with Crippen molar-refractivity contribution in [2.24, 2.45) is 0 Å². The maximum Gasteiger partial charge on any atom is 0.416 e. The molecule has 0 aliphatic carbocycles. The number of alkyl halides is 3. The van der Waals surface area contributed by atoms with Gasteiger partial charge in [0.05, 0.1) is 18.1 Å². The second kappa shape index (κ2) is 4.70. The van der Waals surface area contributed by atoms with E-state index in [0.717, 1.165) is 6.07 Å². The molecule has 1 aromatic rings. The highest BCUT2D eigenvalue weighted by molar-refractivity contribution is 14.1. The van der Waals surface area contributed by atoms with E-state index in [9.17, 15) is 13.2 Å². The molecular weight excluding hydrogens is 386 g/mol. The third-order valence-electron chi connectivity index (χ3n) is 1.76. The molecule has 0 radical (unpaired) electrons. The minimum Gasteiger partial charge on any atom is -0.198 e. The zero-order chi connectivity index (χ0) is 11.6. The Balaban J connectivity index is 3.41. The van der Waals surface area contributed by atoms with Crippen molar-refractivity contribution in [2.75, 3.05) is 0 Å². The molecule has 6 heteroatoms. The summed E-state index contributed by atoms with van der Waals surface area (Å²) in [6.45, 7) is 0. The maximum absolute atomic E-state index is 12.6. The van der Waals surface area contributed by atoms with Crippen LogP contribution in [0, 0.1) is 14.9 Å². The van der Waals surface area contributed by atoms with Gasteiger partial charge in [0.25, 0.3) is 0 Å². The SMILES string of the molecule is N#CCc1c(C(F)(F)F)ccc(I)c1Br. The molecule has 0 spiro atoms. The van der Waals surface area contributed by atoms with E-state index in [-0.39, 0.29) is 12.0 Å². The molecule has 0 aliphatic heterocycles. The van der Waals surface area contributed by atoms with Crippen LogP contribution in [0.4, 0.5) is 13.2 Å². The molecule has 0 N–H and O–H groups in total. The van der Waals surface area contributed by atoms with Crippen molar-refractivity contribution < 1.29 is 13.2 Å². The van der Waals surface area contributed by atoms with Gasteiger partial charge in [0, 0.05) is 8.04 Å². The first-order chi connectivity index (χ1) is 6.88. The molecule has 0 amide bonds. The number of hydrogen-bond acceptors (Lipinski definition) is 1. The molecule has 0 unspecified atom stereocenters. The smallest absolute Gasteiger partial charge is 0.198 e. The lowest BCUT2D eigenvalue weighted by Gasteiger charge is -2.13. The van der Waals surface area contributed by atoms with Gasteiger partial charge in [0.15, 0.2) is 0 Å². The summed E-state index contributed by atoms with van der Waals surface area (Å²) < 4.78 is 38.7. The summed E-state index contributed by atoms with van der Waals surface area (Å²) in [5, 5.41) is 8.48. The Hall–Kier alpha value is -0.290. The van der Waals surface area contributed by atoms with Gasteiger partial charge in [-0.1, -0.05) is 0 Å². The molecule has 0 saturated heterocycles. The minimum absolute atomic E-state index is 0.00287. The molecule has 15 heavy (non-hydrogen) atoms. The average Bonchev–Trinajstić information content (AvgIpc) is 2.11. The van der Waals surface area contributed by atoms with E-state index >= 15 is 0 Å². The Labute approximate surface area is 107 Å². The topological polar surface area (TPSA) is 23.8 Å². The van der Waals surface area contributed by atoms with Crippen molar-refractivity contribution in [3.05, 3.63) is 31.3 Å². The fraction of sp³-hybridized carbons (Fsp3) is 0.222. The number of hydrogen-bond donors (Lipinski definition) is 0. The van der Waals surface area contributed by atoms with E-state index in [1.165, 1.54) is 6.07 Å². The van der Waals surface area contributed by atoms with Crippen molar-refractivity contribution in [3.8, 4) is 6.07 Å². The molecule has 1 rings (SSSR count). The van der Waals surface area contributed by atoms with Gasteiger partial charge in [-0.05, 0) is 56.2 Å². The van der Waals surface area contributed by atoms with Crippen LogP contribution in [-0.4, -0.2) is 0 Å². The summed E-state index contributed by atoms with van der Waals surface area (Å²) in [5.74, 6) is 0. The van der Waals surface area contributed by atoms with Crippen LogP contribution in [0.2, 0.25) is 0 Å². The fourth-order valence-corrected chi connectivity index (χ4v) is 2.10. The largest absolute Gasteiger partial charge is 0.416 e. The molecule has 0 saturated carbocycles. The van der Waals surface area contributed by atoms with E-state index in [2.05, 4.69) is 15.9 Å². The molecule has 0 fully saturated rings. The monoisotopic (exact) mass is 389 g/mol. The third kappa shape index (κ3) is 2.84. The van der Waals surface area contributed by atoms with Gasteiger partial charge in [0.2, 0.25) is 0 Å². The van der Waals surface area contributed by atoms with Crippen molar-refractivity contribution in [1.29, 1.82) is 5.26 Å². The number of rotatable bonds is 1. The van der Waals surface area contributed by atoms with Crippen LogP contribution in [0.3, 0.4) is 0 Å².